The molecular weight excluding hydrogens is 220 g/mol. The number of fused-ring (bicyclic) bond motifs is 1. The first-order valence-corrected chi connectivity index (χ1v) is 5.64. The lowest BCUT2D eigenvalue weighted by Gasteiger charge is -2.07. The summed E-state index contributed by atoms with van der Waals surface area (Å²) in [5.74, 6) is -0.0409. The highest BCUT2D eigenvalue weighted by atomic mass is 16.6. The van der Waals surface area contributed by atoms with Crippen LogP contribution in [0.2, 0.25) is 0 Å². The molecule has 1 aliphatic rings. The number of carbonyl (C=O) groups excluding carboxylic acids is 1. The Balaban J connectivity index is 1.82. The number of nitrogens with one attached hydrogen (secondary N) is 1. The largest absolute Gasteiger partial charge is 0.402 e. The maximum atomic E-state index is 11.8. The van der Waals surface area contributed by atoms with Crippen LogP contribution < -0.4 is 10.1 Å². The summed E-state index contributed by atoms with van der Waals surface area (Å²) < 4.78 is 10.3. The van der Waals surface area contributed by atoms with E-state index in [0.29, 0.717) is 5.58 Å². The fraction of sp³-hybridized carbons (Fsp3) is 0.333. The Labute approximate surface area is 97.7 Å². The predicted octanol–water partition coefficient (Wildman–Crippen LogP) is 1.49. The Morgan fingerprint density at radius 2 is 2.35 bits per heavy atom. The average molecular weight is 232 g/mol. The molecule has 1 aliphatic heterocycles. The van der Waals surface area contributed by atoms with Gasteiger partial charge < -0.3 is 14.6 Å². The molecule has 2 heterocycles. The zero-order valence-electron chi connectivity index (χ0n) is 9.18. The van der Waals surface area contributed by atoms with Crippen LogP contribution in [0.1, 0.15) is 12.8 Å². The topological polar surface area (TPSA) is 64.4 Å². The van der Waals surface area contributed by atoms with E-state index in [9.17, 15) is 4.79 Å². The normalized spacial score (nSPS) is 19.6. The van der Waals surface area contributed by atoms with Gasteiger partial charge in [-0.2, -0.15) is 0 Å². The Kier molecular flexibility index (Phi) is 2.53. The van der Waals surface area contributed by atoms with Gasteiger partial charge in [0.05, 0.1) is 5.39 Å². The quantitative estimate of drug-likeness (QED) is 0.794. The summed E-state index contributed by atoms with van der Waals surface area (Å²) in [6.07, 6.45) is 1.81. The highest BCUT2D eigenvalue weighted by molar-refractivity contribution is 5.86. The highest BCUT2D eigenvalue weighted by Crippen LogP contribution is 2.24. The van der Waals surface area contributed by atoms with Crippen LogP contribution in [0.3, 0.4) is 0 Å². The third kappa shape index (κ3) is 1.89. The second kappa shape index (κ2) is 4.18. The molecule has 17 heavy (non-hydrogen) atoms. The number of benzene rings is 1. The molecular formula is C12H12N2O3. The minimum atomic E-state index is -0.290. The lowest BCUT2D eigenvalue weighted by atomic mass is 10.2. The summed E-state index contributed by atoms with van der Waals surface area (Å²) >= 11 is 0. The van der Waals surface area contributed by atoms with Crippen LogP contribution in [0, 0.1) is 0 Å². The van der Waals surface area contributed by atoms with Crippen molar-refractivity contribution in [3.8, 4) is 5.88 Å². The van der Waals surface area contributed by atoms with Crippen molar-refractivity contribution in [3.05, 3.63) is 24.3 Å². The van der Waals surface area contributed by atoms with Crippen molar-refractivity contribution >= 4 is 16.9 Å². The molecule has 3 rings (SSSR count). The van der Waals surface area contributed by atoms with Gasteiger partial charge in [0.15, 0.2) is 5.58 Å². The standard InChI is InChI=1S/C12H12N2O3/c15-12(9-5-3-7-13-9)16-11-8-4-1-2-6-10(8)17-14-11/h1-2,4,6,9,13H,3,5,7H2. The molecule has 0 saturated carbocycles. The first kappa shape index (κ1) is 10.3. The number of para-hydroxylation sites is 1. The van der Waals surface area contributed by atoms with Gasteiger partial charge in [-0.25, -0.2) is 4.79 Å². The van der Waals surface area contributed by atoms with E-state index in [1.165, 1.54) is 0 Å². The molecule has 0 spiro atoms. The number of hydrogen-bond acceptors (Lipinski definition) is 5. The highest BCUT2D eigenvalue weighted by Gasteiger charge is 2.25. The van der Waals surface area contributed by atoms with Gasteiger partial charge in [0.2, 0.25) is 0 Å². The molecule has 0 aliphatic carbocycles. The number of rotatable bonds is 2. The maximum absolute atomic E-state index is 11.8. The van der Waals surface area contributed by atoms with Gasteiger partial charge in [0.25, 0.3) is 5.88 Å². The predicted molar refractivity (Wildman–Crippen MR) is 60.7 cm³/mol. The number of carbonyl (C=O) groups is 1. The van der Waals surface area contributed by atoms with Crippen molar-refractivity contribution in [2.24, 2.45) is 0 Å². The maximum Gasteiger partial charge on any atom is 0.329 e. The fourth-order valence-corrected chi connectivity index (χ4v) is 1.99. The number of aromatic nitrogens is 1. The summed E-state index contributed by atoms with van der Waals surface area (Å²) in [7, 11) is 0. The minimum Gasteiger partial charge on any atom is -0.402 e. The van der Waals surface area contributed by atoms with Crippen LogP contribution in [0.5, 0.6) is 5.88 Å². The Morgan fingerprint density at radius 3 is 3.18 bits per heavy atom. The van der Waals surface area contributed by atoms with Gasteiger partial charge in [-0.1, -0.05) is 12.1 Å². The fourth-order valence-electron chi connectivity index (χ4n) is 1.99. The molecule has 0 bridgehead atoms. The lowest BCUT2D eigenvalue weighted by molar-refractivity contribution is -0.136. The van der Waals surface area contributed by atoms with E-state index in [4.69, 9.17) is 9.26 Å². The van der Waals surface area contributed by atoms with E-state index in [-0.39, 0.29) is 17.9 Å². The molecule has 1 unspecified atom stereocenters. The van der Waals surface area contributed by atoms with Gasteiger partial charge in [-0.15, -0.1) is 0 Å². The van der Waals surface area contributed by atoms with Crippen molar-refractivity contribution < 1.29 is 14.1 Å². The summed E-state index contributed by atoms with van der Waals surface area (Å²) in [4.78, 5) is 11.8. The molecule has 1 saturated heterocycles. The summed E-state index contributed by atoms with van der Waals surface area (Å²) in [5.41, 5.74) is 0.620. The van der Waals surface area contributed by atoms with Crippen LogP contribution in [-0.4, -0.2) is 23.7 Å². The van der Waals surface area contributed by atoms with Crippen molar-refractivity contribution in [2.75, 3.05) is 6.54 Å². The third-order valence-electron chi connectivity index (χ3n) is 2.89. The van der Waals surface area contributed by atoms with Crippen molar-refractivity contribution in [1.82, 2.24) is 10.5 Å². The number of esters is 1. The summed E-state index contributed by atoms with van der Waals surface area (Å²) in [5, 5.41) is 7.57. The van der Waals surface area contributed by atoms with Gasteiger partial charge >= 0.3 is 5.97 Å². The first-order valence-electron chi connectivity index (χ1n) is 5.64. The molecule has 1 aromatic carbocycles. The summed E-state index contributed by atoms with van der Waals surface area (Å²) in [6, 6.07) is 7.08. The molecule has 5 heteroatoms. The monoisotopic (exact) mass is 232 g/mol. The average Bonchev–Trinajstić information content (AvgIpc) is 2.98. The molecule has 0 radical (unpaired) electrons. The lowest BCUT2D eigenvalue weighted by Crippen LogP contribution is -2.34. The van der Waals surface area contributed by atoms with Gasteiger partial charge in [0, 0.05) is 0 Å². The second-order valence-corrected chi connectivity index (χ2v) is 4.05. The molecule has 1 aromatic heterocycles. The Hall–Kier alpha value is -1.88. The SMILES string of the molecule is O=C(Oc1noc2ccccc12)C1CCCN1. The van der Waals surface area contributed by atoms with Crippen LogP contribution >= 0.6 is 0 Å². The van der Waals surface area contributed by atoms with Gasteiger partial charge in [0.1, 0.15) is 6.04 Å². The molecule has 1 atom stereocenters. The Bertz CT molecular complexity index is 543. The molecule has 5 nitrogen and oxygen atoms in total. The van der Waals surface area contributed by atoms with Crippen LogP contribution in [0.4, 0.5) is 0 Å². The van der Waals surface area contributed by atoms with Crippen molar-refractivity contribution in [3.63, 3.8) is 0 Å². The third-order valence-corrected chi connectivity index (χ3v) is 2.89. The van der Waals surface area contributed by atoms with E-state index in [0.717, 1.165) is 24.8 Å². The Morgan fingerprint density at radius 1 is 1.47 bits per heavy atom. The zero-order chi connectivity index (χ0) is 11.7. The molecule has 1 N–H and O–H groups in total. The molecule has 1 fully saturated rings. The van der Waals surface area contributed by atoms with E-state index in [1.54, 1.807) is 6.07 Å². The van der Waals surface area contributed by atoms with Gasteiger partial charge in [-0.05, 0) is 36.7 Å². The number of nitrogens with zero attached hydrogens (tertiary/aromatic N) is 1. The first-order chi connectivity index (χ1) is 8.34. The number of hydrogen-bond donors (Lipinski definition) is 1. The van der Waals surface area contributed by atoms with E-state index in [2.05, 4.69) is 10.5 Å². The zero-order valence-corrected chi connectivity index (χ0v) is 9.18. The van der Waals surface area contributed by atoms with Crippen molar-refractivity contribution in [1.29, 1.82) is 0 Å². The summed E-state index contributed by atoms with van der Waals surface area (Å²) in [6.45, 7) is 0.860. The smallest absolute Gasteiger partial charge is 0.329 e. The molecule has 0 amide bonds. The van der Waals surface area contributed by atoms with Gasteiger partial charge in [-0.3, -0.25) is 0 Å². The van der Waals surface area contributed by atoms with E-state index in [1.807, 2.05) is 18.2 Å². The van der Waals surface area contributed by atoms with Crippen LogP contribution in [0.25, 0.3) is 11.0 Å². The van der Waals surface area contributed by atoms with Crippen LogP contribution in [-0.2, 0) is 4.79 Å². The molecule has 2 aromatic rings. The number of ether oxygens (including phenoxy) is 1. The second-order valence-electron chi connectivity index (χ2n) is 4.05. The van der Waals surface area contributed by atoms with E-state index >= 15 is 0 Å². The van der Waals surface area contributed by atoms with E-state index < -0.39 is 0 Å². The minimum absolute atomic E-state index is 0.217. The van der Waals surface area contributed by atoms with Crippen molar-refractivity contribution in [2.45, 2.75) is 18.9 Å². The molecule has 88 valence electrons. The van der Waals surface area contributed by atoms with Crippen LogP contribution in [0.15, 0.2) is 28.8 Å².